The van der Waals surface area contributed by atoms with E-state index in [0.717, 1.165) is 68.7 Å². The predicted molar refractivity (Wildman–Crippen MR) is 131 cm³/mol. The number of phenols is 1. The van der Waals surface area contributed by atoms with Crippen molar-refractivity contribution in [3.05, 3.63) is 65.0 Å². The van der Waals surface area contributed by atoms with E-state index in [-0.39, 0.29) is 48.6 Å². The van der Waals surface area contributed by atoms with Crippen molar-refractivity contribution in [2.24, 2.45) is 0 Å². The van der Waals surface area contributed by atoms with Gasteiger partial charge in [0.2, 0.25) is 0 Å². The summed E-state index contributed by atoms with van der Waals surface area (Å²) in [7, 11) is 2.15. The maximum Gasteiger partial charge on any atom is 0.128 e. The molecule has 1 aliphatic heterocycles. The molecule has 2 aromatic rings. The summed E-state index contributed by atoms with van der Waals surface area (Å²) in [6, 6.07) is 12.9. The molecule has 0 aromatic heterocycles. The maximum absolute atomic E-state index is 14.4. The van der Waals surface area contributed by atoms with Crippen molar-refractivity contribution in [3.63, 3.8) is 0 Å². The minimum Gasteiger partial charge on any atom is -0.508 e. The molecular formula is C23H33Cl3FN3O. The lowest BCUT2D eigenvalue weighted by molar-refractivity contribution is 0.147. The lowest BCUT2D eigenvalue weighted by atomic mass is 9.71. The maximum atomic E-state index is 14.4. The summed E-state index contributed by atoms with van der Waals surface area (Å²) in [5.41, 5.74) is 2.61. The molecule has 1 saturated heterocycles. The Hall–Kier alpha value is -1.08. The van der Waals surface area contributed by atoms with Crippen molar-refractivity contribution in [1.82, 2.24) is 15.1 Å². The zero-order valence-corrected chi connectivity index (χ0v) is 20.3. The number of hydrogen-bond acceptors (Lipinski definition) is 4. The molecule has 174 valence electrons. The SMILES string of the molecule is CN1CCN(Cc2cc(CNC3(c4ccccc4F)CCC3)ccc2O)CC1.Cl.Cl.Cl. The van der Waals surface area contributed by atoms with Gasteiger partial charge in [0.05, 0.1) is 0 Å². The Morgan fingerprint density at radius 2 is 1.68 bits per heavy atom. The zero-order valence-electron chi connectivity index (χ0n) is 17.8. The second-order valence-electron chi connectivity index (χ2n) is 8.31. The minimum absolute atomic E-state index is 0. The van der Waals surface area contributed by atoms with Gasteiger partial charge >= 0.3 is 0 Å². The first kappa shape index (κ1) is 28.0. The summed E-state index contributed by atoms with van der Waals surface area (Å²) in [5, 5.41) is 13.9. The van der Waals surface area contributed by atoms with Gasteiger partial charge in [0.1, 0.15) is 11.6 Å². The van der Waals surface area contributed by atoms with Crippen LogP contribution in [0.25, 0.3) is 0 Å². The first-order valence-corrected chi connectivity index (χ1v) is 10.3. The van der Waals surface area contributed by atoms with Crippen LogP contribution in [0.5, 0.6) is 5.75 Å². The van der Waals surface area contributed by atoms with Gasteiger partial charge in [-0.3, -0.25) is 4.90 Å². The normalized spacial score (nSPS) is 18.1. The number of rotatable bonds is 6. The number of likely N-dealkylation sites (N-methyl/N-ethyl adjacent to an activating group) is 1. The van der Waals surface area contributed by atoms with Gasteiger partial charge in [0.15, 0.2) is 0 Å². The van der Waals surface area contributed by atoms with E-state index in [1.807, 2.05) is 18.2 Å². The van der Waals surface area contributed by atoms with Gasteiger partial charge in [-0.1, -0.05) is 24.3 Å². The Morgan fingerprint density at radius 1 is 1.00 bits per heavy atom. The molecule has 8 heteroatoms. The summed E-state index contributed by atoms with van der Waals surface area (Å²) < 4.78 is 14.4. The summed E-state index contributed by atoms with van der Waals surface area (Å²) in [5.74, 6) is 0.228. The van der Waals surface area contributed by atoms with Crippen molar-refractivity contribution in [1.29, 1.82) is 0 Å². The van der Waals surface area contributed by atoms with Crippen LogP contribution in [0.4, 0.5) is 4.39 Å². The molecule has 0 amide bonds. The molecule has 1 saturated carbocycles. The Kier molecular flexibility index (Phi) is 11.0. The van der Waals surface area contributed by atoms with Gasteiger partial charge < -0.3 is 15.3 Å². The van der Waals surface area contributed by atoms with Crippen molar-refractivity contribution in [3.8, 4) is 5.75 Å². The quantitative estimate of drug-likeness (QED) is 0.612. The van der Waals surface area contributed by atoms with E-state index >= 15 is 0 Å². The molecule has 31 heavy (non-hydrogen) atoms. The molecule has 1 heterocycles. The molecule has 2 fully saturated rings. The number of nitrogens with one attached hydrogen (secondary N) is 1. The van der Waals surface area contributed by atoms with Crippen molar-refractivity contribution in [2.75, 3.05) is 33.2 Å². The Bertz CT molecular complexity index is 827. The summed E-state index contributed by atoms with van der Waals surface area (Å²) in [6.45, 7) is 5.61. The smallest absolute Gasteiger partial charge is 0.128 e. The molecule has 2 aliphatic rings. The van der Waals surface area contributed by atoms with E-state index in [9.17, 15) is 9.50 Å². The van der Waals surface area contributed by atoms with Gasteiger partial charge in [-0.15, -0.1) is 37.2 Å². The Morgan fingerprint density at radius 3 is 2.29 bits per heavy atom. The molecule has 2 aromatic carbocycles. The molecule has 4 nitrogen and oxygen atoms in total. The summed E-state index contributed by atoms with van der Waals surface area (Å²) in [6.07, 6.45) is 3.03. The highest BCUT2D eigenvalue weighted by molar-refractivity contribution is 5.86. The minimum atomic E-state index is -0.263. The fraction of sp³-hybridized carbons (Fsp3) is 0.478. The fourth-order valence-corrected chi connectivity index (χ4v) is 4.31. The highest BCUT2D eigenvalue weighted by atomic mass is 35.5. The standard InChI is InChI=1S/C23H30FN3O.3ClH/c1-26-11-13-27(14-12-26)17-19-15-18(7-8-22(19)28)16-25-23(9-4-10-23)20-5-2-3-6-21(20)24;;;/h2-3,5-8,15,25,28H,4,9-14,16-17H2,1H3;3*1H. The zero-order chi connectivity index (χ0) is 19.6. The molecule has 0 unspecified atom stereocenters. The molecule has 0 bridgehead atoms. The van der Waals surface area contributed by atoms with Crippen LogP contribution >= 0.6 is 37.2 Å². The van der Waals surface area contributed by atoms with E-state index in [1.165, 1.54) is 0 Å². The lowest BCUT2D eigenvalue weighted by Gasteiger charge is -2.43. The average molecular weight is 493 g/mol. The topological polar surface area (TPSA) is 38.7 Å². The van der Waals surface area contributed by atoms with Crippen LogP contribution in [-0.4, -0.2) is 48.1 Å². The molecule has 2 N–H and O–H groups in total. The molecule has 0 atom stereocenters. The molecular weight excluding hydrogens is 460 g/mol. The van der Waals surface area contributed by atoms with Gasteiger partial charge in [-0.2, -0.15) is 0 Å². The van der Waals surface area contributed by atoms with Crippen LogP contribution in [0.1, 0.15) is 36.0 Å². The second-order valence-corrected chi connectivity index (χ2v) is 8.31. The predicted octanol–water partition coefficient (Wildman–Crippen LogP) is 4.71. The van der Waals surface area contributed by atoms with E-state index in [4.69, 9.17) is 0 Å². The highest BCUT2D eigenvalue weighted by Crippen LogP contribution is 2.42. The van der Waals surface area contributed by atoms with E-state index < -0.39 is 0 Å². The largest absolute Gasteiger partial charge is 0.508 e. The van der Waals surface area contributed by atoms with Gasteiger partial charge in [0.25, 0.3) is 0 Å². The molecule has 0 spiro atoms. The fourth-order valence-electron chi connectivity index (χ4n) is 4.31. The second kappa shape index (κ2) is 12.2. The van der Waals surface area contributed by atoms with Gasteiger partial charge in [-0.25, -0.2) is 4.39 Å². The Labute approximate surface area is 203 Å². The number of halogens is 4. The number of nitrogens with zero attached hydrogens (tertiary/aromatic N) is 2. The van der Waals surface area contributed by atoms with Crippen molar-refractivity contribution >= 4 is 37.2 Å². The number of piperazine rings is 1. The van der Waals surface area contributed by atoms with Crippen LogP contribution in [0.15, 0.2) is 42.5 Å². The third kappa shape index (κ3) is 6.47. The van der Waals surface area contributed by atoms with Crippen LogP contribution in [0, 0.1) is 5.82 Å². The number of phenolic OH excluding ortho intramolecular Hbond substituents is 1. The van der Waals surface area contributed by atoms with Crippen LogP contribution in [-0.2, 0) is 18.6 Å². The molecule has 0 radical (unpaired) electrons. The monoisotopic (exact) mass is 491 g/mol. The number of aromatic hydroxyl groups is 1. The van der Waals surface area contributed by atoms with Crippen molar-refractivity contribution in [2.45, 2.75) is 37.9 Å². The summed E-state index contributed by atoms with van der Waals surface area (Å²) >= 11 is 0. The number of benzene rings is 2. The third-order valence-corrected chi connectivity index (χ3v) is 6.36. The van der Waals surface area contributed by atoms with Gasteiger partial charge in [0, 0.05) is 55.9 Å². The first-order chi connectivity index (χ1) is 13.6. The van der Waals surface area contributed by atoms with E-state index in [2.05, 4.69) is 28.2 Å². The lowest BCUT2D eigenvalue weighted by Crippen LogP contribution is -2.48. The average Bonchev–Trinajstić information content (AvgIpc) is 2.66. The Balaban J connectivity index is 0.00000160. The third-order valence-electron chi connectivity index (χ3n) is 6.36. The molecule has 1 aliphatic carbocycles. The van der Waals surface area contributed by atoms with E-state index in [1.54, 1.807) is 18.2 Å². The van der Waals surface area contributed by atoms with Crippen LogP contribution in [0.2, 0.25) is 0 Å². The molecule has 4 rings (SSSR count). The highest BCUT2D eigenvalue weighted by Gasteiger charge is 2.39. The van der Waals surface area contributed by atoms with Gasteiger partial charge in [-0.05, 0) is 50.1 Å². The summed E-state index contributed by atoms with van der Waals surface area (Å²) in [4.78, 5) is 4.72. The van der Waals surface area contributed by atoms with E-state index in [0.29, 0.717) is 12.3 Å². The van der Waals surface area contributed by atoms with Crippen LogP contribution < -0.4 is 5.32 Å². The van der Waals surface area contributed by atoms with Crippen molar-refractivity contribution < 1.29 is 9.50 Å². The number of hydrogen-bond donors (Lipinski definition) is 2. The van der Waals surface area contributed by atoms with Crippen LogP contribution in [0.3, 0.4) is 0 Å². The first-order valence-electron chi connectivity index (χ1n) is 10.3.